The van der Waals surface area contributed by atoms with Gasteiger partial charge < -0.3 is 24.0 Å². The highest BCUT2D eigenvalue weighted by Crippen LogP contribution is 2.19. The van der Waals surface area contributed by atoms with Crippen LogP contribution in [0.2, 0.25) is 0 Å². The van der Waals surface area contributed by atoms with Crippen LogP contribution in [0.25, 0.3) is 0 Å². The van der Waals surface area contributed by atoms with Gasteiger partial charge in [-0.15, -0.1) is 0 Å². The first-order valence-corrected chi connectivity index (χ1v) is 9.21. The molecule has 0 bridgehead atoms. The molecule has 0 aromatic carbocycles. The first-order valence-electron chi connectivity index (χ1n) is 9.21. The summed E-state index contributed by atoms with van der Waals surface area (Å²) in [7, 11) is 0. The van der Waals surface area contributed by atoms with Crippen LogP contribution in [0, 0.1) is 0 Å². The Kier molecular flexibility index (Phi) is 4.95. The summed E-state index contributed by atoms with van der Waals surface area (Å²) in [6.45, 7) is 3.57. The number of guanidine groups is 1. The maximum absolute atomic E-state index is 12.4. The van der Waals surface area contributed by atoms with E-state index in [2.05, 4.69) is 10.2 Å². The molecule has 2 fully saturated rings. The van der Waals surface area contributed by atoms with Gasteiger partial charge >= 0.3 is 0 Å². The Bertz CT molecular complexity index is 727. The van der Waals surface area contributed by atoms with Crippen LogP contribution in [0.3, 0.4) is 0 Å². The predicted molar refractivity (Wildman–Crippen MR) is 97.1 cm³/mol. The molecule has 7 nitrogen and oxygen atoms in total. The number of hydrogen-bond donors (Lipinski definition) is 1. The van der Waals surface area contributed by atoms with Gasteiger partial charge in [0.2, 0.25) is 0 Å². The molecular weight excluding hydrogens is 332 g/mol. The average Bonchev–Trinajstić information content (AvgIpc) is 3.13. The van der Waals surface area contributed by atoms with Crippen LogP contribution in [-0.4, -0.2) is 60.4 Å². The van der Waals surface area contributed by atoms with Crippen molar-refractivity contribution >= 4 is 11.9 Å². The van der Waals surface area contributed by atoms with Gasteiger partial charge in [0, 0.05) is 45.2 Å². The maximum atomic E-state index is 12.4. The lowest BCUT2D eigenvalue weighted by atomic mass is 10.3. The molecule has 0 unspecified atom stereocenters. The highest BCUT2D eigenvalue weighted by molar-refractivity contribution is 5.91. The SMILES string of the molecule is O=C(c1ccco1)N1CCN(C(=NCCc2ccco2)NC2CC2)CC1. The minimum absolute atomic E-state index is 0.0406. The number of carbonyl (C=O) groups excluding carboxylic acids is 1. The second-order valence-corrected chi connectivity index (χ2v) is 6.71. The number of carbonyl (C=O) groups is 1. The topological polar surface area (TPSA) is 74.2 Å². The van der Waals surface area contributed by atoms with E-state index in [0.29, 0.717) is 31.4 Å². The van der Waals surface area contributed by atoms with Crippen LogP contribution in [0.4, 0.5) is 0 Å². The molecule has 1 saturated carbocycles. The van der Waals surface area contributed by atoms with E-state index in [1.54, 1.807) is 18.4 Å². The van der Waals surface area contributed by atoms with E-state index in [1.165, 1.54) is 19.1 Å². The Labute approximate surface area is 152 Å². The van der Waals surface area contributed by atoms with Gasteiger partial charge in [-0.25, -0.2) is 0 Å². The number of hydrogen-bond acceptors (Lipinski definition) is 4. The zero-order valence-electron chi connectivity index (χ0n) is 14.8. The average molecular weight is 356 g/mol. The van der Waals surface area contributed by atoms with Crippen molar-refractivity contribution in [2.45, 2.75) is 25.3 Å². The summed E-state index contributed by atoms with van der Waals surface area (Å²) < 4.78 is 10.6. The third-order valence-corrected chi connectivity index (χ3v) is 4.71. The standard InChI is InChI=1S/C19H24N4O3/c24-18(17-4-2-14-26-17)22-9-11-23(12-10-22)19(21-15-5-6-15)20-8-7-16-3-1-13-25-16/h1-4,13-15H,5-12H2,(H,20,21). The molecule has 4 rings (SSSR count). The van der Waals surface area contributed by atoms with Crippen molar-refractivity contribution in [3.05, 3.63) is 48.3 Å². The lowest BCUT2D eigenvalue weighted by molar-refractivity contribution is 0.0657. The van der Waals surface area contributed by atoms with Crippen LogP contribution in [0.15, 0.2) is 50.6 Å². The van der Waals surface area contributed by atoms with Gasteiger partial charge in [0.15, 0.2) is 11.7 Å². The van der Waals surface area contributed by atoms with E-state index in [4.69, 9.17) is 13.8 Å². The molecule has 3 heterocycles. The monoisotopic (exact) mass is 356 g/mol. The van der Waals surface area contributed by atoms with E-state index < -0.39 is 0 Å². The second kappa shape index (κ2) is 7.68. The maximum Gasteiger partial charge on any atom is 0.289 e. The zero-order chi connectivity index (χ0) is 17.8. The third-order valence-electron chi connectivity index (χ3n) is 4.71. The van der Waals surface area contributed by atoms with E-state index in [1.807, 2.05) is 17.0 Å². The van der Waals surface area contributed by atoms with Gasteiger partial charge in [-0.1, -0.05) is 0 Å². The number of aliphatic imine (C=N–C) groups is 1. The first-order chi connectivity index (χ1) is 12.8. The number of piperazine rings is 1. The van der Waals surface area contributed by atoms with Crippen molar-refractivity contribution in [3.63, 3.8) is 0 Å². The molecule has 1 aliphatic carbocycles. The lowest BCUT2D eigenvalue weighted by Gasteiger charge is -2.36. The van der Waals surface area contributed by atoms with Crippen LogP contribution in [-0.2, 0) is 6.42 Å². The van der Waals surface area contributed by atoms with Crippen molar-refractivity contribution < 1.29 is 13.6 Å². The molecule has 0 radical (unpaired) electrons. The molecule has 1 saturated heterocycles. The fourth-order valence-corrected chi connectivity index (χ4v) is 3.05. The number of nitrogens with one attached hydrogen (secondary N) is 1. The summed E-state index contributed by atoms with van der Waals surface area (Å²) in [5.74, 6) is 2.26. The Hall–Kier alpha value is -2.70. The molecule has 2 aliphatic rings. The van der Waals surface area contributed by atoms with Crippen LogP contribution in [0.5, 0.6) is 0 Å². The molecular formula is C19H24N4O3. The number of nitrogens with zero attached hydrogens (tertiary/aromatic N) is 3. The highest BCUT2D eigenvalue weighted by Gasteiger charge is 2.28. The second-order valence-electron chi connectivity index (χ2n) is 6.71. The third kappa shape index (κ3) is 4.09. The van der Waals surface area contributed by atoms with Gasteiger partial charge in [-0.3, -0.25) is 9.79 Å². The van der Waals surface area contributed by atoms with E-state index in [9.17, 15) is 4.79 Å². The van der Waals surface area contributed by atoms with Gasteiger partial charge in [0.05, 0.1) is 12.5 Å². The molecule has 1 aliphatic heterocycles. The van der Waals surface area contributed by atoms with Gasteiger partial charge in [0.25, 0.3) is 5.91 Å². The minimum Gasteiger partial charge on any atom is -0.469 e. The minimum atomic E-state index is -0.0406. The van der Waals surface area contributed by atoms with Crippen LogP contribution in [0.1, 0.15) is 29.2 Å². The van der Waals surface area contributed by atoms with Crippen molar-refractivity contribution in [1.82, 2.24) is 15.1 Å². The molecule has 7 heteroatoms. The van der Waals surface area contributed by atoms with Crippen molar-refractivity contribution in [3.8, 4) is 0 Å². The fourth-order valence-electron chi connectivity index (χ4n) is 3.05. The smallest absolute Gasteiger partial charge is 0.289 e. The summed E-state index contributed by atoms with van der Waals surface area (Å²) >= 11 is 0. The first kappa shape index (κ1) is 16.8. The summed E-state index contributed by atoms with van der Waals surface area (Å²) in [5, 5.41) is 3.54. The van der Waals surface area contributed by atoms with Crippen molar-refractivity contribution in [1.29, 1.82) is 0 Å². The van der Waals surface area contributed by atoms with Gasteiger partial charge in [0.1, 0.15) is 5.76 Å². The molecule has 0 spiro atoms. The molecule has 26 heavy (non-hydrogen) atoms. The Balaban J connectivity index is 1.33. The zero-order valence-corrected chi connectivity index (χ0v) is 14.8. The van der Waals surface area contributed by atoms with Gasteiger partial charge in [-0.05, 0) is 37.1 Å². The molecule has 2 aromatic rings. The van der Waals surface area contributed by atoms with Crippen LogP contribution < -0.4 is 5.32 Å². The normalized spacial score (nSPS) is 18.2. The number of amides is 1. The highest BCUT2D eigenvalue weighted by atomic mass is 16.3. The molecule has 1 amide bonds. The van der Waals surface area contributed by atoms with E-state index >= 15 is 0 Å². The summed E-state index contributed by atoms with van der Waals surface area (Å²) in [6.07, 6.45) is 6.42. The Morgan fingerprint density at radius 2 is 1.81 bits per heavy atom. The van der Waals surface area contributed by atoms with E-state index in [0.717, 1.165) is 31.2 Å². The predicted octanol–water partition coefficient (Wildman–Crippen LogP) is 1.98. The van der Waals surface area contributed by atoms with E-state index in [-0.39, 0.29) is 5.91 Å². The Morgan fingerprint density at radius 3 is 2.46 bits per heavy atom. The quantitative estimate of drug-likeness (QED) is 0.655. The summed E-state index contributed by atoms with van der Waals surface area (Å²) in [5.41, 5.74) is 0. The number of furan rings is 2. The Morgan fingerprint density at radius 1 is 1.08 bits per heavy atom. The molecule has 2 aromatic heterocycles. The fraction of sp³-hybridized carbons (Fsp3) is 0.474. The van der Waals surface area contributed by atoms with Crippen LogP contribution >= 0.6 is 0 Å². The lowest BCUT2D eigenvalue weighted by Crippen LogP contribution is -2.54. The summed E-state index contributed by atoms with van der Waals surface area (Å²) in [6, 6.07) is 7.87. The summed E-state index contributed by atoms with van der Waals surface area (Å²) in [4.78, 5) is 21.2. The van der Waals surface area contributed by atoms with Gasteiger partial charge in [-0.2, -0.15) is 0 Å². The number of rotatable bonds is 5. The molecule has 0 atom stereocenters. The van der Waals surface area contributed by atoms with Crippen molar-refractivity contribution in [2.24, 2.45) is 4.99 Å². The molecule has 138 valence electrons. The molecule has 1 N–H and O–H groups in total. The largest absolute Gasteiger partial charge is 0.469 e. The van der Waals surface area contributed by atoms with Crippen molar-refractivity contribution in [2.75, 3.05) is 32.7 Å².